The van der Waals surface area contributed by atoms with Crippen LogP contribution in [0.5, 0.6) is 0 Å². The molecular formula is C8H9ClO. The lowest BCUT2D eigenvalue weighted by molar-refractivity contribution is 0.495. The Balaban J connectivity index is 2.58. The Kier molecular flexibility index (Phi) is 2.57. The maximum Gasteiger partial charge on any atom is 0.107 e. The topological polar surface area (TPSA) is 13.1 Å². The Morgan fingerprint density at radius 1 is 1.60 bits per heavy atom. The van der Waals surface area contributed by atoms with Gasteiger partial charge >= 0.3 is 0 Å². The minimum atomic E-state index is 0.775. The van der Waals surface area contributed by atoms with E-state index >= 15 is 0 Å². The summed E-state index contributed by atoms with van der Waals surface area (Å²) in [7, 11) is 0. The van der Waals surface area contributed by atoms with Gasteiger partial charge in [-0.05, 0) is 19.1 Å². The van der Waals surface area contributed by atoms with Gasteiger partial charge in [-0.25, -0.2) is 0 Å². The average Bonchev–Trinajstić information content (AvgIpc) is 2.31. The molecule has 0 aliphatic rings. The standard InChI is InChI=1S/C8H9ClO/c1-7-4-5-8(10-7)3-2-6-9/h2,4-6H,3H2,1H3. The number of aryl methyl sites for hydroxylation is 1. The van der Waals surface area contributed by atoms with Crippen molar-refractivity contribution in [2.45, 2.75) is 13.3 Å². The first kappa shape index (κ1) is 7.42. The molecule has 0 saturated carbocycles. The second kappa shape index (κ2) is 3.47. The molecule has 1 aromatic rings. The van der Waals surface area contributed by atoms with Crippen molar-refractivity contribution in [2.24, 2.45) is 0 Å². The van der Waals surface area contributed by atoms with E-state index in [0.717, 1.165) is 17.9 Å². The van der Waals surface area contributed by atoms with E-state index in [2.05, 4.69) is 0 Å². The molecule has 1 heterocycles. The van der Waals surface area contributed by atoms with Crippen LogP contribution in [0, 0.1) is 6.92 Å². The Bertz CT molecular complexity index is 225. The highest BCUT2D eigenvalue weighted by Gasteiger charge is 1.93. The molecule has 0 fully saturated rings. The molecule has 54 valence electrons. The molecule has 10 heavy (non-hydrogen) atoms. The zero-order chi connectivity index (χ0) is 7.40. The molecule has 0 amide bonds. The maximum atomic E-state index is 5.34. The number of halogens is 1. The Morgan fingerprint density at radius 2 is 2.40 bits per heavy atom. The second-order valence-electron chi connectivity index (χ2n) is 2.08. The van der Waals surface area contributed by atoms with Gasteiger partial charge in [0.15, 0.2) is 0 Å². The first-order chi connectivity index (χ1) is 4.83. The molecular weight excluding hydrogens is 148 g/mol. The highest BCUT2D eigenvalue weighted by molar-refractivity contribution is 6.25. The van der Waals surface area contributed by atoms with Crippen molar-refractivity contribution in [3.05, 3.63) is 35.3 Å². The molecule has 0 saturated heterocycles. The van der Waals surface area contributed by atoms with Gasteiger partial charge < -0.3 is 4.42 Å². The van der Waals surface area contributed by atoms with Crippen molar-refractivity contribution in [3.63, 3.8) is 0 Å². The van der Waals surface area contributed by atoms with Crippen molar-refractivity contribution in [3.8, 4) is 0 Å². The molecule has 0 N–H and O–H groups in total. The lowest BCUT2D eigenvalue weighted by Crippen LogP contribution is -1.71. The molecule has 1 rings (SSSR count). The van der Waals surface area contributed by atoms with Gasteiger partial charge in [0.25, 0.3) is 0 Å². The Hall–Kier alpha value is -0.690. The highest BCUT2D eigenvalue weighted by Crippen LogP contribution is 2.07. The first-order valence-corrected chi connectivity index (χ1v) is 3.57. The Labute approximate surface area is 65.3 Å². The monoisotopic (exact) mass is 156 g/mol. The summed E-state index contributed by atoms with van der Waals surface area (Å²) in [5.74, 6) is 1.90. The fraction of sp³-hybridized carbons (Fsp3) is 0.250. The van der Waals surface area contributed by atoms with Crippen molar-refractivity contribution < 1.29 is 4.42 Å². The van der Waals surface area contributed by atoms with Crippen molar-refractivity contribution in [2.75, 3.05) is 0 Å². The fourth-order valence-electron chi connectivity index (χ4n) is 0.756. The van der Waals surface area contributed by atoms with E-state index in [1.165, 1.54) is 5.54 Å². The van der Waals surface area contributed by atoms with Gasteiger partial charge in [-0.3, -0.25) is 0 Å². The van der Waals surface area contributed by atoms with Crippen molar-refractivity contribution in [1.29, 1.82) is 0 Å². The molecule has 0 aliphatic carbocycles. The van der Waals surface area contributed by atoms with Gasteiger partial charge in [0.1, 0.15) is 11.5 Å². The third-order valence-electron chi connectivity index (χ3n) is 1.20. The Morgan fingerprint density at radius 3 is 2.90 bits per heavy atom. The number of furan rings is 1. The summed E-state index contributed by atoms with van der Waals surface area (Å²) >= 11 is 5.34. The quantitative estimate of drug-likeness (QED) is 0.642. The van der Waals surface area contributed by atoms with Crippen LogP contribution in [0.1, 0.15) is 11.5 Å². The zero-order valence-electron chi connectivity index (χ0n) is 5.80. The largest absolute Gasteiger partial charge is 0.466 e. The predicted molar refractivity (Wildman–Crippen MR) is 42.1 cm³/mol. The van der Waals surface area contributed by atoms with Crippen LogP contribution < -0.4 is 0 Å². The second-order valence-corrected chi connectivity index (χ2v) is 2.33. The molecule has 0 radical (unpaired) electrons. The van der Waals surface area contributed by atoms with Crippen LogP contribution in [-0.2, 0) is 6.42 Å². The first-order valence-electron chi connectivity index (χ1n) is 3.13. The van der Waals surface area contributed by atoms with Crippen LogP contribution in [0.15, 0.2) is 28.2 Å². The van der Waals surface area contributed by atoms with Gasteiger partial charge in [0.2, 0.25) is 0 Å². The van der Waals surface area contributed by atoms with Gasteiger partial charge in [-0.1, -0.05) is 17.7 Å². The molecule has 1 nitrogen and oxygen atoms in total. The summed E-state index contributed by atoms with van der Waals surface area (Å²) in [6.45, 7) is 1.92. The van der Waals surface area contributed by atoms with E-state index in [1.54, 1.807) is 0 Å². The third kappa shape index (κ3) is 1.92. The van der Waals surface area contributed by atoms with Gasteiger partial charge in [-0.15, -0.1) is 0 Å². The van der Waals surface area contributed by atoms with E-state index in [0.29, 0.717) is 0 Å². The number of rotatable bonds is 2. The van der Waals surface area contributed by atoms with Crippen LogP contribution in [0.25, 0.3) is 0 Å². The number of hydrogen-bond acceptors (Lipinski definition) is 1. The molecule has 1 aromatic heterocycles. The summed E-state index contributed by atoms with van der Waals surface area (Å²) < 4.78 is 5.28. The molecule has 0 bridgehead atoms. The fourth-order valence-corrected chi connectivity index (χ4v) is 0.845. The third-order valence-corrected chi connectivity index (χ3v) is 1.38. The van der Waals surface area contributed by atoms with E-state index in [9.17, 15) is 0 Å². The summed E-state index contributed by atoms with van der Waals surface area (Å²) in [5.41, 5.74) is 1.50. The van der Waals surface area contributed by atoms with E-state index < -0.39 is 0 Å². The maximum absolute atomic E-state index is 5.34. The SMILES string of the molecule is Cc1ccc(CC=CCl)o1. The normalized spacial score (nSPS) is 11.0. The van der Waals surface area contributed by atoms with Gasteiger partial charge in [0.05, 0.1) is 0 Å². The predicted octanol–water partition coefficient (Wildman–Crippen LogP) is 2.88. The number of hydrogen-bond donors (Lipinski definition) is 0. The average molecular weight is 157 g/mol. The summed E-state index contributed by atoms with van der Waals surface area (Å²) in [6, 6.07) is 3.89. The van der Waals surface area contributed by atoms with Crippen LogP contribution in [0.4, 0.5) is 0 Å². The van der Waals surface area contributed by atoms with Crippen LogP contribution in [-0.4, -0.2) is 0 Å². The molecule has 0 aromatic carbocycles. The summed E-state index contributed by atoms with van der Waals surface area (Å²) in [4.78, 5) is 0. The summed E-state index contributed by atoms with van der Waals surface area (Å²) in [5, 5.41) is 0. The smallest absolute Gasteiger partial charge is 0.107 e. The van der Waals surface area contributed by atoms with Gasteiger partial charge in [0, 0.05) is 12.0 Å². The lowest BCUT2D eigenvalue weighted by atomic mass is 10.3. The van der Waals surface area contributed by atoms with E-state index in [4.69, 9.17) is 16.0 Å². The minimum Gasteiger partial charge on any atom is -0.466 e. The van der Waals surface area contributed by atoms with Crippen molar-refractivity contribution >= 4 is 11.6 Å². The highest BCUT2D eigenvalue weighted by atomic mass is 35.5. The van der Waals surface area contributed by atoms with E-state index in [1.807, 2.05) is 25.1 Å². The lowest BCUT2D eigenvalue weighted by Gasteiger charge is -1.85. The van der Waals surface area contributed by atoms with Gasteiger partial charge in [-0.2, -0.15) is 0 Å². The molecule has 0 atom stereocenters. The molecule has 0 spiro atoms. The van der Waals surface area contributed by atoms with Crippen LogP contribution in [0.2, 0.25) is 0 Å². The van der Waals surface area contributed by atoms with Crippen LogP contribution >= 0.6 is 11.6 Å². The van der Waals surface area contributed by atoms with Crippen molar-refractivity contribution in [1.82, 2.24) is 0 Å². The van der Waals surface area contributed by atoms with Crippen LogP contribution in [0.3, 0.4) is 0 Å². The zero-order valence-corrected chi connectivity index (χ0v) is 6.56. The minimum absolute atomic E-state index is 0.775. The molecule has 0 unspecified atom stereocenters. The summed E-state index contributed by atoms with van der Waals surface area (Å²) in [6.07, 6.45) is 2.62. The molecule has 0 aliphatic heterocycles. The van der Waals surface area contributed by atoms with E-state index in [-0.39, 0.29) is 0 Å². The number of allylic oxidation sites excluding steroid dienone is 1. The molecule has 2 heteroatoms.